The van der Waals surface area contributed by atoms with E-state index < -0.39 is 0 Å². The molecule has 0 saturated heterocycles. The van der Waals surface area contributed by atoms with Gasteiger partial charge in [0.1, 0.15) is 6.26 Å². The van der Waals surface area contributed by atoms with Crippen LogP contribution in [0.25, 0.3) is 0 Å². The topological polar surface area (TPSA) is 66.7 Å². The first kappa shape index (κ1) is 11.9. The average molecular weight is 272 g/mol. The third-order valence-electron chi connectivity index (χ3n) is 2.45. The van der Waals surface area contributed by atoms with Crippen molar-refractivity contribution in [2.75, 3.05) is 5.32 Å². The third-order valence-corrected chi connectivity index (χ3v) is 3.29. The largest absolute Gasteiger partial charge is 0.471 e. The Bertz CT molecular complexity index is 663. The summed E-state index contributed by atoms with van der Waals surface area (Å²) in [5.74, 6) is 0.552. The number of H-pyrrole nitrogens is 1. The van der Waals surface area contributed by atoms with Crippen molar-refractivity contribution < 1.29 is 4.42 Å². The van der Waals surface area contributed by atoms with Crippen LogP contribution in [0.2, 0.25) is 0 Å². The molecule has 0 aliphatic rings. The fraction of sp³-hybridized carbons (Fsp3) is 0.0769. The molecule has 0 fully saturated rings. The van der Waals surface area contributed by atoms with Crippen molar-refractivity contribution in [3.05, 3.63) is 48.4 Å². The lowest BCUT2D eigenvalue weighted by Gasteiger charge is -2.01. The van der Waals surface area contributed by atoms with Crippen LogP contribution in [0.1, 0.15) is 5.56 Å². The minimum Gasteiger partial charge on any atom is -0.471 e. The van der Waals surface area contributed by atoms with Crippen molar-refractivity contribution in [2.24, 2.45) is 0 Å². The van der Waals surface area contributed by atoms with Crippen LogP contribution in [-0.2, 0) is 0 Å². The summed E-state index contributed by atoms with van der Waals surface area (Å²) in [6, 6.07) is 9.93. The molecule has 2 N–H and O–H groups in total. The van der Waals surface area contributed by atoms with E-state index in [9.17, 15) is 0 Å². The van der Waals surface area contributed by atoms with Crippen LogP contribution >= 0.6 is 11.8 Å². The molecule has 0 bridgehead atoms. The van der Waals surface area contributed by atoms with Gasteiger partial charge in [-0.3, -0.25) is 5.10 Å². The number of hydrogen-bond donors (Lipinski definition) is 2. The SMILES string of the molecule is Cc1cccc(Nc2n[nH]c(Sc3ccoc3)n2)c1. The standard InChI is InChI=1S/C13H12N4OS/c1-9-3-2-4-10(7-9)14-12-15-13(17-16-12)19-11-5-6-18-8-11/h2-8H,1H3,(H2,14,15,16,17). The quantitative estimate of drug-likeness (QED) is 0.759. The fourth-order valence-corrected chi connectivity index (χ4v) is 2.30. The summed E-state index contributed by atoms with van der Waals surface area (Å²) in [5, 5.41) is 10.9. The van der Waals surface area contributed by atoms with Crippen molar-refractivity contribution >= 4 is 23.4 Å². The van der Waals surface area contributed by atoms with E-state index in [0.717, 1.165) is 15.7 Å². The Labute approximate surface area is 114 Å². The fourth-order valence-electron chi connectivity index (χ4n) is 1.62. The summed E-state index contributed by atoms with van der Waals surface area (Å²) in [4.78, 5) is 5.34. The van der Waals surface area contributed by atoms with Crippen molar-refractivity contribution in [3.8, 4) is 0 Å². The zero-order valence-corrected chi connectivity index (χ0v) is 11.1. The van der Waals surface area contributed by atoms with Gasteiger partial charge in [-0.05, 0) is 42.4 Å². The lowest BCUT2D eigenvalue weighted by molar-refractivity contribution is 0.562. The smallest absolute Gasteiger partial charge is 0.247 e. The van der Waals surface area contributed by atoms with Crippen molar-refractivity contribution in [3.63, 3.8) is 0 Å². The van der Waals surface area contributed by atoms with Gasteiger partial charge in [0.2, 0.25) is 5.95 Å². The van der Waals surface area contributed by atoms with Gasteiger partial charge in [0.05, 0.1) is 11.2 Å². The highest BCUT2D eigenvalue weighted by Crippen LogP contribution is 2.25. The van der Waals surface area contributed by atoms with Crippen LogP contribution in [0.4, 0.5) is 11.6 Å². The second-order valence-electron chi connectivity index (χ2n) is 4.02. The summed E-state index contributed by atoms with van der Waals surface area (Å²) < 4.78 is 5.00. The number of aryl methyl sites for hydroxylation is 1. The molecule has 3 aromatic rings. The van der Waals surface area contributed by atoms with Gasteiger partial charge in [-0.2, -0.15) is 4.98 Å². The average Bonchev–Trinajstić information content (AvgIpc) is 3.02. The Balaban J connectivity index is 1.71. The second-order valence-corrected chi connectivity index (χ2v) is 5.08. The molecule has 3 rings (SSSR count). The Morgan fingerprint density at radius 1 is 1.32 bits per heavy atom. The molecule has 0 radical (unpaired) electrons. The van der Waals surface area contributed by atoms with Gasteiger partial charge in [0, 0.05) is 5.69 Å². The second kappa shape index (κ2) is 5.19. The Kier molecular flexibility index (Phi) is 3.24. The summed E-state index contributed by atoms with van der Waals surface area (Å²) in [6.45, 7) is 2.04. The van der Waals surface area contributed by atoms with Gasteiger partial charge in [0.25, 0.3) is 0 Å². The molecule has 96 valence electrons. The predicted octanol–water partition coefficient (Wildman–Crippen LogP) is 3.60. The van der Waals surface area contributed by atoms with Crippen molar-refractivity contribution in [2.45, 2.75) is 17.0 Å². The molecule has 1 aromatic carbocycles. The molecule has 2 aromatic heterocycles. The molecule has 19 heavy (non-hydrogen) atoms. The normalized spacial score (nSPS) is 10.6. The van der Waals surface area contributed by atoms with Gasteiger partial charge in [-0.15, -0.1) is 5.10 Å². The predicted molar refractivity (Wildman–Crippen MR) is 73.7 cm³/mol. The van der Waals surface area contributed by atoms with Gasteiger partial charge in [-0.1, -0.05) is 12.1 Å². The molecule has 0 amide bonds. The molecule has 0 atom stereocenters. The van der Waals surface area contributed by atoms with E-state index in [1.54, 1.807) is 12.5 Å². The highest BCUT2D eigenvalue weighted by Gasteiger charge is 2.06. The summed E-state index contributed by atoms with van der Waals surface area (Å²) in [6.07, 6.45) is 3.30. The molecule has 0 aliphatic carbocycles. The van der Waals surface area contributed by atoms with E-state index in [-0.39, 0.29) is 0 Å². The molecular weight excluding hydrogens is 260 g/mol. The van der Waals surface area contributed by atoms with Crippen LogP contribution in [0.15, 0.2) is 57.3 Å². The Morgan fingerprint density at radius 3 is 3.05 bits per heavy atom. The van der Waals surface area contributed by atoms with E-state index in [2.05, 4.69) is 20.5 Å². The van der Waals surface area contributed by atoms with E-state index in [4.69, 9.17) is 4.42 Å². The van der Waals surface area contributed by atoms with Gasteiger partial charge < -0.3 is 9.73 Å². The van der Waals surface area contributed by atoms with Gasteiger partial charge >= 0.3 is 0 Å². The number of aromatic amines is 1. The van der Waals surface area contributed by atoms with Crippen LogP contribution in [-0.4, -0.2) is 15.2 Å². The summed E-state index contributed by atoms with van der Waals surface area (Å²) >= 11 is 1.47. The monoisotopic (exact) mass is 272 g/mol. The lowest BCUT2D eigenvalue weighted by Crippen LogP contribution is -1.92. The molecule has 0 saturated carbocycles. The first-order valence-electron chi connectivity index (χ1n) is 5.76. The van der Waals surface area contributed by atoms with E-state index in [1.807, 2.05) is 37.3 Å². The van der Waals surface area contributed by atoms with Crippen LogP contribution < -0.4 is 5.32 Å². The minimum absolute atomic E-state index is 0.552. The summed E-state index contributed by atoms with van der Waals surface area (Å²) in [5.41, 5.74) is 2.16. The van der Waals surface area contributed by atoms with Crippen LogP contribution in [0.3, 0.4) is 0 Å². The number of benzene rings is 1. The highest BCUT2D eigenvalue weighted by molar-refractivity contribution is 7.99. The van der Waals surface area contributed by atoms with Crippen molar-refractivity contribution in [1.82, 2.24) is 15.2 Å². The molecular formula is C13H12N4OS. The molecule has 0 spiro atoms. The Hall–Kier alpha value is -2.21. The lowest BCUT2D eigenvalue weighted by atomic mass is 10.2. The zero-order valence-electron chi connectivity index (χ0n) is 10.3. The maximum Gasteiger partial charge on any atom is 0.247 e. The molecule has 0 aliphatic heterocycles. The zero-order chi connectivity index (χ0) is 13.1. The third kappa shape index (κ3) is 2.97. The van der Waals surface area contributed by atoms with E-state index in [1.165, 1.54) is 17.3 Å². The first-order chi connectivity index (χ1) is 9.29. The van der Waals surface area contributed by atoms with Gasteiger partial charge in [-0.25, -0.2) is 0 Å². The summed E-state index contributed by atoms with van der Waals surface area (Å²) in [7, 11) is 0. The highest BCUT2D eigenvalue weighted by atomic mass is 32.2. The number of aromatic nitrogens is 3. The van der Waals surface area contributed by atoms with E-state index >= 15 is 0 Å². The Morgan fingerprint density at radius 2 is 2.26 bits per heavy atom. The first-order valence-corrected chi connectivity index (χ1v) is 6.57. The maximum atomic E-state index is 5.00. The number of rotatable bonds is 4. The van der Waals surface area contributed by atoms with Crippen molar-refractivity contribution in [1.29, 1.82) is 0 Å². The molecule has 6 heteroatoms. The molecule has 0 unspecified atom stereocenters. The molecule has 5 nitrogen and oxygen atoms in total. The number of anilines is 2. The van der Waals surface area contributed by atoms with Crippen LogP contribution in [0, 0.1) is 6.92 Å². The minimum atomic E-state index is 0.552. The number of nitrogens with one attached hydrogen (secondary N) is 2. The number of hydrogen-bond acceptors (Lipinski definition) is 5. The number of furan rings is 1. The van der Waals surface area contributed by atoms with Gasteiger partial charge in [0.15, 0.2) is 5.16 Å². The molecule has 2 heterocycles. The van der Waals surface area contributed by atoms with E-state index in [0.29, 0.717) is 5.95 Å². The number of nitrogens with zero attached hydrogens (tertiary/aromatic N) is 2. The maximum absolute atomic E-state index is 5.00. The van der Waals surface area contributed by atoms with Crippen LogP contribution in [0.5, 0.6) is 0 Å².